The number of sulfone groups is 1. The Bertz CT molecular complexity index is 908. The molecule has 1 amide bonds. The molecule has 2 aromatic rings. The summed E-state index contributed by atoms with van der Waals surface area (Å²) < 4.78 is 63.7. The summed E-state index contributed by atoms with van der Waals surface area (Å²) in [4.78, 5) is 12.3. The van der Waals surface area contributed by atoms with E-state index in [-0.39, 0.29) is 16.1 Å². The van der Waals surface area contributed by atoms with Crippen molar-refractivity contribution in [1.29, 1.82) is 0 Å². The first-order chi connectivity index (χ1) is 11.5. The van der Waals surface area contributed by atoms with Crippen LogP contribution in [0.2, 0.25) is 0 Å². The predicted molar refractivity (Wildman–Crippen MR) is 85.4 cm³/mol. The number of benzene rings is 2. The van der Waals surface area contributed by atoms with E-state index in [1.807, 2.05) is 0 Å². The topological polar surface area (TPSA) is 72.5 Å². The lowest BCUT2D eigenvalue weighted by atomic mass is 10.1. The van der Waals surface area contributed by atoms with Gasteiger partial charge >= 0.3 is 6.36 Å². The standard InChI is InChI=1S/C16H14F3NO4S/c1-10-6-7-13(25(2,22)23)9-14(10)15(21)20-11-4-3-5-12(8-11)24-16(17,18)19/h3-9H,1-2H3,(H,20,21). The summed E-state index contributed by atoms with van der Waals surface area (Å²) in [6.07, 6.45) is -3.83. The van der Waals surface area contributed by atoms with E-state index in [1.165, 1.54) is 30.3 Å². The highest BCUT2D eigenvalue weighted by Crippen LogP contribution is 2.25. The zero-order valence-electron chi connectivity index (χ0n) is 13.2. The highest BCUT2D eigenvalue weighted by molar-refractivity contribution is 7.90. The average Bonchev–Trinajstić information content (AvgIpc) is 2.44. The number of anilines is 1. The first-order valence-electron chi connectivity index (χ1n) is 6.93. The van der Waals surface area contributed by atoms with E-state index in [4.69, 9.17) is 0 Å². The lowest BCUT2D eigenvalue weighted by Gasteiger charge is -2.12. The number of carbonyl (C=O) groups is 1. The lowest BCUT2D eigenvalue weighted by molar-refractivity contribution is -0.274. The molecule has 2 aromatic carbocycles. The number of hydrogen-bond acceptors (Lipinski definition) is 4. The third kappa shape index (κ3) is 5.21. The van der Waals surface area contributed by atoms with Crippen LogP contribution in [0.15, 0.2) is 47.4 Å². The number of nitrogens with one attached hydrogen (secondary N) is 1. The maximum Gasteiger partial charge on any atom is 0.573 e. The molecule has 25 heavy (non-hydrogen) atoms. The second-order valence-corrected chi connectivity index (χ2v) is 7.29. The maximum absolute atomic E-state index is 12.3. The van der Waals surface area contributed by atoms with Gasteiger partial charge in [0, 0.05) is 23.6 Å². The number of aryl methyl sites for hydroxylation is 1. The van der Waals surface area contributed by atoms with Gasteiger partial charge in [-0.1, -0.05) is 12.1 Å². The summed E-state index contributed by atoms with van der Waals surface area (Å²) in [5, 5.41) is 2.42. The number of hydrogen-bond donors (Lipinski definition) is 1. The minimum Gasteiger partial charge on any atom is -0.406 e. The van der Waals surface area contributed by atoms with Crippen molar-refractivity contribution in [2.45, 2.75) is 18.2 Å². The molecule has 0 saturated carbocycles. The molecule has 9 heteroatoms. The van der Waals surface area contributed by atoms with E-state index < -0.39 is 27.9 Å². The third-order valence-corrected chi connectivity index (χ3v) is 4.32. The number of ether oxygens (including phenoxy) is 1. The zero-order valence-corrected chi connectivity index (χ0v) is 14.0. The fourth-order valence-corrected chi connectivity index (χ4v) is 2.69. The van der Waals surface area contributed by atoms with Gasteiger partial charge in [0.15, 0.2) is 9.84 Å². The van der Waals surface area contributed by atoms with E-state index in [0.717, 1.165) is 18.4 Å². The van der Waals surface area contributed by atoms with Crippen LogP contribution in [0, 0.1) is 6.92 Å². The van der Waals surface area contributed by atoms with Crippen LogP contribution in [0.5, 0.6) is 5.75 Å². The SMILES string of the molecule is Cc1ccc(S(C)(=O)=O)cc1C(=O)Nc1cccc(OC(F)(F)F)c1. The van der Waals surface area contributed by atoms with Crippen LogP contribution in [0.1, 0.15) is 15.9 Å². The fourth-order valence-electron chi connectivity index (χ4n) is 2.05. The molecule has 0 aliphatic carbocycles. The minimum atomic E-state index is -4.84. The van der Waals surface area contributed by atoms with Gasteiger partial charge in [-0.2, -0.15) is 0 Å². The quantitative estimate of drug-likeness (QED) is 0.890. The van der Waals surface area contributed by atoms with Crippen molar-refractivity contribution >= 4 is 21.4 Å². The summed E-state index contributed by atoms with van der Waals surface area (Å²) in [5.41, 5.74) is 0.702. The van der Waals surface area contributed by atoms with Crippen molar-refractivity contribution in [2.75, 3.05) is 11.6 Å². The molecule has 0 aromatic heterocycles. The molecule has 0 bridgehead atoms. The summed E-state index contributed by atoms with van der Waals surface area (Å²) in [5.74, 6) is -1.13. The van der Waals surface area contributed by atoms with Gasteiger partial charge in [-0.05, 0) is 36.8 Å². The minimum absolute atomic E-state index is 0.0302. The zero-order chi connectivity index (χ0) is 18.8. The Hall–Kier alpha value is -2.55. The van der Waals surface area contributed by atoms with Gasteiger partial charge in [0.2, 0.25) is 0 Å². The maximum atomic E-state index is 12.3. The molecule has 134 valence electrons. The largest absolute Gasteiger partial charge is 0.573 e. The van der Waals surface area contributed by atoms with Gasteiger partial charge in [0.1, 0.15) is 5.75 Å². The van der Waals surface area contributed by atoms with Gasteiger partial charge in [0.25, 0.3) is 5.91 Å². The van der Waals surface area contributed by atoms with E-state index in [2.05, 4.69) is 10.1 Å². The molecule has 0 radical (unpaired) electrons. The first-order valence-corrected chi connectivity index (χ1v) is 8.83. The predicted octanol–water partition coefficient (Wildman–Crippen LogP) is 3.55. The molecule has 0 aliphatic heterocycles. The van der Waals surface area contributed by atoms with Crippen molar-refractivity contribution in [3.05, 3.63) is 53.6 Å². The van der Waals surface area contributed by atoms with Crippen molar-refractivity contribution in [1.82, 2.24) is 0 Å². The van der Waals surface area contributed by atoms with Gasteiger partial charge in [-0.3, -0.25) is 4.79 Å². The van der Waals surface area contributed by atoms with Gasteiger partial charge in [-0.15, -0.1) is 13.2 Å². The molecule has 0 spiro atoms. The molecule has 0 unspecified atom stereocenters. The van der Waals surface area contributed by atoms with Crippen LogP contribution in [0.25, 0.3) is 0 Å². The molecular weight excluding hydrogens is 359 g/mol. The molecule has 0 atom stereocenters. The van der Waals surface area contributed by atoms with E-state index in [9.17, 15) is 26.4 Å². The van der Waals surface area contributed by atoms with Crippen LogP contribution in [-0.4, -0.2) is 26.9 Å². The molecule has 0 saturated heterocycles. The Labute approximate surface area is 142 Å². The first kappa shape index (κ1) is 18.8. The summed E-state index contributed by atoms with van der Waals surface area (Å²) >= 11 is 0. The number of rotatable bonds is 4. The number of alkyl halides is 3. The van der Waals surface area contributed by atoms with Crippen LogP contribution >= 0.6 is 0 Å². The lowest BCUT2D eigenvalue weighted by Crippen LogP contribution is -2.18. The highest BCUT2D eigenvalue weighted by Gasteiger charge is 2.31. The van der Waals surface area contributed by atoms with Crippen LogP contribution in [-0.2, 0) is 9.84 Å². The Kier molecular flexibility index (Phi) is 5.07. The van der Waals surface area contributed by atoms with Crippen molar-refractivity contribution in [3.8, 4) is 5.75 Å². The molecule has 5 nitrogen and oxygen atoms in total. The van der Waals surface area contributed by atoms with Crippen LogP contribution in [0.3, 0.4) is 0 Å². The fraction of sp³-hybridized carbons (Fsp3) is 0.188. The Morgan fingerprint density at radius 2 is 1.80 bits per heavy atom. The molecule has 1 N–H and O–H groups in total. The van der Waals surface area contributed by atoms with Crippen LogP contribution in [0.4, 0.5) is 18.9 Å². The molecule has 2 rings (SSSR count). The van der Waals surface area contributed by atoms with E-state index in [0.29, 0.717) is 5.56 Å². The average molecular weight is 373 g/mol. The summed E-state index contributed by atoms with van der Waals surface area (Å²) in [6, 6.07) is 8.86. The van der Waals surface area contributed by atoms with Gasteiger partial charge in [-0.25, -0.2) is 8.42 Å². The monoisotopic (exact) mass is 373 g/mol. The normalized spacial score (nSPS) is 11.9. The van der Waals surface area contributed by atoms with Crippen molar-refractivity contribution in [2.24, 2.45) is 0 Å². The number of halogens is 3. The van der Waals surface area contributed by atoms with E-state index in [1.54, 1.807) is 6.92 Å². The summed E-state index contributed by atoms with van der Waals surface area (Å²) in [6.45, 7) is 1.62. The Balaban J connectivity index is 2.27. The smallest absolute Gasteiger partial charge is 0.406 e. The number of amides is 1. The molecular formula is C16H14F3NO4S. The third-order valence-electron chi connectivity index (χ3n) is 3.21. The second kappa shape index (κ2) is 6.75. The van der Waals surface area contributed by atoms with E-state index >= 15 is 0 Å². The second-order valence-electron chi connectivity index (χ2n) is 5.28. The Morgan fingerprint density at radius 1 is 1.12 bits per heavy atom. The number of carbonyl (C=O) groups excluding carboxylic acids is 1. The molecule has 0 fully saturated rings. The highest BCUT2D eigenvalue weighted by atomic mass is 32.2. The van der Waals surface area contributed by atoms with Crippen molar-refractivity contribution < 1.29 is 31.1 Å². The van der Waals surface area contributed by atoms with Gasteiger partial charge < -0.3 is 10.1 Å². The molecule has 0 aliphatic rings. The van der Waals surface area contributed by atoms with Crippen LogP contribution < -0.4 is 10.1 Å². The molecule has 0 heterocycles. The Morgan fingerprint density at radius 3 is 2.40 bits per heavy atom. The van der Waals surface area contributed by atoms with Crippen molar-refractivity contribution in [3.63, 3.8) is 0 Å². The summed E-state index contributed by atoms with van der Waals surface area (Å²) in [7, 11) is -3.50. The van der Waals surface area contributed by atoms with Gasteiger partial charge in [0.05, 0.1) is 4.90 Å².